The zero-order valence-corrected chi connectivity index (χ0v) is 24.0. The molecule has 0 aromatic carbocycles. The number of aliphatic hydroxyl groups excluding tert-OH is 7. The highest BCUT2D eigenvalue weighted by Gasteiger charge is 2.47. The third-order valence-corrected chi connectivity index (χ3v) is 7.94. The lowest BCUT2D eigenvalue weighted by molar-refractivity contribution is -0.331. The number of hydrogen-bond acceptors (Lipinski definition) is 11. The second-order valence-corrected chi connectivity index (χ2v) is 12.0. The summed E-state index contributed by atoms with van der Waals surface area (Å²) >= 11 is 0. The average molecular weight is 567 g/mol. The van der Waals surface area contributed by atoms with Crippen molar-refractivity contribution in [3.63, 3.8) is 0 Å². The Hall–Kier alpha value is -0.440. The van der Waals surface area contributed by atoms with E-state index < -0.39 is 68.0 Å². The van der Waals surface area contributed by atoms with Gasteiger partial charge in [-0.25, -0.2) is 0 Å². The van der Waals surface area contributed by atoms with Gasteiger partial charge in [0.05, 0.1) is 13.2 Å². The maximum atomic E-state index is 10.3. The molecule has 2 aliphatic rings. The van der Waals surface area contributed by atoms with E-state index in [0.717, 1.165) is 31.1 Å². The van der Waals surface area contributed by atoms with E-state index in [1.54, 1.807) is 0 Å². The zero-order valence-electron chi connectivity index (χ0n) is 24.0. The molecule has 7 N–H and O–H groups in total. The van der Waals surface area contributed by atoms with Gasteiger partial charge in [0.25, 0.3) is 0 Å². The fraction of sp³-hybridized carbons (Fsp3) is 1.00. The molecule has 0 aromatic rings. The Labute approximate surface area is 233 Å². The van der Waals surface area contributed by atoms with Crippen LogP contribution in [0.1, 0.15) is 79.1 Å². The van der Waals surface area contributed by atoms with Gasteiger partial charge in [0.1, 0.15) is 48.8 Å². The third-order valence-electron chi connectivity index (χ3n) is 7.94. The summed E-state index contributed by atoms with van der Waals surface area (Å²) in [5.74, 6) is 2.06. The van der Waals surface area contributed by atoms with Crippen LogP contribution in [0.3, 0.4) is 0 Å². The van der Waals surface area contributed by atoms with Gasteiger partial charge < -0.3 is 54.7 Å². The smallest absolute Gasteiger partial charge is 0.186 e. The summed E-state index contributed by atoms with van der Waals surface area (Å²) in [6, 6.07) is 0. The maximum absolute atomic E-state index is 10.3. The van der Waals surface area contributed by atoms with Crippen molar-refractivity contribution in [2.24, 2.45) is 17.8 Å². The molecule has 12 atom stereocenters. The van der Waals surface area contributed by atoms with Crippen molar-refractivity contribution < 1.29 is 54.7 Å². The van der Waals surface area contributed by atoms with Crippen LogP contribution >= 0.6 is 0 Å². The van der Waals surface area contributed by atoms with Gasteiger partial charge in [0, 0.05) is 6.61 Å². The highest BCUT2D eigenvalue weighted by atomic mass is 16.7. The second kappa shape index (κ2) is 17.5. The molecule has 0 saturated carbocycles. The topological polar surface area (TPSA) is 179 Å². The van der Waals surface area contributed by atoms with Gasteiger partial charge in [-0.3, -0.25) is 0 Å². The van der Waals surface area contributed by atoms with Crippen molar-refractivity contribution in [3.8, 4) is 0 Å². The van der Waals surface area contributed by atoms with Crippen molar-refractivity contribution in [1.82, 2.24) is 0 Å². The van der Waals surface area contributed by atoms with E-state index in [1.807, 2.05) is 0 Å². The quantitative estimate of drug-likeness (QED) is 0.123. The number of ether oxygens (including phenoxy) is 4. The van der Waals surface area contributed by atoms with Crippen LogP contribution in [0.4, 0.5) is 0 Å². The van der Waals surface area contributed by atoms with E-state index in [9.17, 15) is 35.7 Å². The summed E-state index contributed by atoms with van der Waals surface area (Å²) in [5, 5.41) is 70.2. The molecule has 2 heterocycles. The predicted octanol–water partition coefficient (Wildman–Crippen LogP) is 0.676. The molecule has 2 rings (SSSR count). The van der Waals surface area contributed by atoms with Crippen LogP contribution in [0, 0.1) is 17.8 Å². The summed E-state index contributed by atoms with van der Waals surface area (Å²) in [6.45, 7) is 8.42. The largest absolute Gasteiger partial charge is 0.394 e. The lowest BCUT2D eigenvalue weighted by atomic mass is 9.92. The molecule has 0 radical (unpaired) electrons. The number of rotatable bonds is 17. The van der Waals surface area contributed by atoms with Gasteiger partial charge in [-0.1, -0.05) is 66.2 Å². The molecule has 12 unspecified atom stereocenters. The minimum atomic E-state index is -1.61. The first kappa shape index (κ1) is 34.8. The molecular formula is C28H54O11. The van der Waals surface area contributed by atoms with E-state index in [-0.39, 0.29) is 6.61 Å². The molecule has 232 valence electrons. The van der Waals surface area contributed by atoms with E-state index in [4.69, 9.17) is 18.9 Å². The Kier molecular flexibility index (Phi) is 15.6. The summed E-state index contributed by atoms with van der Waals surface area (Å²) in [4.78, 5) is 0. The molecule has 0 aliphatic carbocycles. The number of hydrogen-bond donors (Lipinski definition) is 7. The lowest BCUT2D eigenvalue weighted by Gasteiger charge is -2.42. The van der Waals surface area contributed by atoms with Crippen LogP contribution in [0.25, 0.3) is 0 Å². The lowest BCUT2D eigenvalue weighted by Crippen LogP contribution is -2.61. The Balaban J connectivity index is 1.71. The summed E-state index contributed by atoms with van der Waals surface area (Å²) in [6.07, 6.45) is -4.93. The second-order valence-electron chi connectivity index (χ2n) is 12.0. The van der Waals surface area contributed by atoms with Crippen molar-refractivity contribution in [2.75, 3.05) is 19.8 Å². The Morgan fingerprint density at radius 2 is 1.03 bits per heavy atom. The first-order chi connectivity index (χ1) is 18.5. The average Bonchev–Trinajstić information content (AvgIpc) is 2.89. The standard InChI is InChI=1S/C28H54O11/c1-16(2)8-5-9-17(3)10-6-11-18(4)12-7-13-36-27-25(34)24(33)22(31)20(39-27)15-37-28-26(35)23(32)21(30)19(14-29)38-28/h16-35H,5-15H2,1-4H3. The Morgan fingerprint density at radius 1 is 0.564 bits per heavy atom. The predicted molar refractivity (Wildman–Crippen MR) is 142 cm³/mol. The number of aliphatic hydroxyl groups is 7. The fourth-order valence-electron chi connectivity index (χ4n) is 5.20. The Morgan fingerprint density at radius 3 is 1.56 bits per heavy atom. The molecule has 0 spiro atoms. The van der Waals surface area contributed by atoms with Gasteiger partial charge in [-0.2, -0.15) is 0 Å². The molecular weight excluding hydrogens is 512 g/mol. The SMILES string of the molecule is CC(C)CCCC(C)CCCC(C)CCCOC1OC(COC2OC(CO)C(O)C(O)C2O)C(O)C(O)C1O. The Bertz CT molecular complexity index is 651. The van der Waals surface area contributed by atoms with Gasteiger partial charge in [0.2, 0.25) is 0 Å². The van der Waals surface area contributed by atoms with E-state index >= 15 is 0 Å². The van der Waals surface area contributed by atoms with Crippen LogP contribution in [-0.4, -0.2) is 117 Å². The van der Waals surface area contributed by atoms with E-state index in [2.05, 4.69) is 27.7 Å². The molecule has 2 aliphatic heterocycles. The molecule has 0 bridgehead atoms. The van der Waals surface area contributed by atoms with E-state index in [1.165, 1.54) is 32.1 Å². The van der Waals surface area contributed by atoms with Crippen LogP contribution in [-0.2, 0) is 18.9 Å². The summed E-state index contributed by atoms with van der Waals surface area (Å²) in [5.41, 5.74) is 0. The summed E-state index contributed by atoms with van der Waals surface area (Å²) in [7, 11) is 0. The van der Waals surface area contributed by atoms with Crippen molar-refractivity contribution in [3.05, 3.63) is 0 Å². The normalized spacial score (nSPS) is 37.2. The van der Waals surface area contributed by atoms with Crippen LogP contribution in [0.5, 0.6) is 0 Å². The molecule has 11 nitrogen and oxygen atoms in total. The minimum absolute atomic E-state index is 0.306. The van der Waals surface area contributed by atoms with Crippen LogP contribution in [0.15, 0.2) is 0 Å². The van der Waals surface area contributed by atoms with E-state index in [0.29, 0.717) is 12.5 Å². The van der Waals surface area contributed by atoms with Gasteiger partial charge in [0.15, 0.2) is 12.6 Å². The molecule has 39 heavy (non-hydrogen) atoms. The highest BCUT2D eigenvalue weighted by molar-refractivity contribution is 4.91. The fourth-order valence-corrected chi connectivity index (χ4v) is 5.20. The van der Waals surface area contributed by atoms with Gasteiger partial charge >= 0.3 is 0 Å². The molecule has 0 amide bonds. The summed E-state index contributed by atoms with van der Waals surface area (Å²) < 4.78 is 22.1. The molecule has 0 aromatic heterocycles. The van der Waals surface area contributed by atoms with Crippen molar-refractivity contribution >= 4 is 0 Å². The van der Waals surface area contributed by atoms with Crippen LogP contribution < -0.4 is 0 Å². The molecule has 11 heteroatoms. The van der Waals surface area contributed by atoms with Crippen LogP contribution in [0.2, 0.25) is 0 Å². The van der Waals surface area contributed by atoms with Crippen molar-refractivity contribution in [2.45, 2.75) is 140 Å². The first-order valence-corrected chi connectivity index (χ1v) is 14.7. The zero-order chi connectivity index (χ0) is 29.1. The maximum Gasteiger partial charge on any atom is 0.186 e. The van der Waals surface area contributed by atoms with Gasteiger partial charge in [-0.15, -0.1) is 0 Å². The van der Waals surface area contributed by atoms with Gasteiger partial charge in [-0.05, 0) is 30.6 Å². The highest BCUT2D eigenvalue weighted by Crippen LogP contribution is 2.26. The first-order valence-electron chi connectivity index (χ1n) is 14.7. The molecule has 2 fully saturated rings. The monoisotopic (exact) mass is 566 g/mol. The molecule has 2 saturated heterocycles. The third kappa shape index (κ3) is 11.1. The minimum Gasteiger partial charge on any atom is -0.394 e. The van der Waals surface area contributed by atoms with Crippen molar-refractivity contribution in [1.29, 1.82) is 0 Å².